The third kappa shape index (κ3) is 5.24. The zero-order valence-corrected chi connectivity index (χ0v) is 21.3. The van der Waals surface area contributed by atoms with Gasteiger partial charge in [-0.05, 0) is 48.0 Å². The number of fused-ring (bicyclic) bond motifs is 1. The maximum absolute atomic E-state index is 12.8. The highest BCUT2D eigenvalue weighted by Gasteiger charge is 2.29. The van der Waals surface area contributed by atoms with Crippen LogP contribution < -0.4 is 5.32 Å². The molecule has 0 saturated carbocycles. The molecule has 0 saturated heterocycles. The first-order valence-electron chi connectivity index (χ1n) is 10.5. The average Bonchev–Trinajstić information content (AvgIpc) is 2.81. The summed E-state index contributed by atoms with van der Waals surface area (Å²) in [5.41, 5.74) is 2.69. The second-order valence-electron chi connectivity index (χ2n) is 7.92. The van der Waals surface area contributed by atoms with Crippen LogP contribution in [0.2, 0.25) is 20.1 Å². The molecule has 1 unspecified atom stereocenters. The van der Waals surface area contributed by atoms with E-state index in [0.717, 1.165) is 5.39 Å². The first-order valence-corrected chi connectivity index (χ1v) is 12.0. The number of carbonyl (C=O) groups excluding carboxylic acids is 1. The Morgan fingerprint density at radius 2 is 1.46 bits per heavy atom. The Balaban J connectivity index is 1.64. The summed E-state index contributed by atoms with van der Waals surface area (Å²) < 4.78 is 0. The van der Waals surface area contributed by atoms with Crippen LogP contribution in [0.1, 0.15) is 28.8 Å². The molecule has 2 N–H and O–H groups in total. The van der Waals surface area contributed by atoms with E-state index in [1.165, 1.54) is 12.1 Å². The van der Waals surface area contributed by atoms with Crippen molar-refractivity contribution < 1.29 is 14.7 Å². The van der Waals surface area contributed by atoms with Crippen LogP contribution in [-0.4, -0.2) is 28.0 Å². The Kier molecular flexibility index (Phi) is 7.53. The molecule has 4 aromatic rings. The molecule has 4 rings (SSSR count). The number of nitrogens with one attached hydrogen (secondary N) is 1. The summed E-state index contributed by atoms with van der Waals surface area (Å²) in [7, 11) is 0. The SMILES string of the molecule is CC(c1ccc2nc(-c3c(Cl)cccc3Cl)ccc2c1)[C@H](NC(=O)c1c(Cl)cccc1Cl)C(=O)O. The topological polar surface area (TPSA) is 79.3 Å². The zero-order valence-electron chi connectivity index (χ0n) is 18.2. The van der Waals surface area contributed by atoms with Crippen molar-refractivity contribution >= 4 is 69.2 Å². The van der Waals surface area contributed by atoms with Crippen LogP contribution in [0.3, 0.4) is 0 Å². The third-order valence-corrected chi connectivity index (χ3v) is 6.96. The summed E-state index contributed by atoms with van der Waals surface area (Å²) in [6.45, 7) is 1.72. The van der Waals surface area contributed by atoms with Crippen molar-refractivity contribution in [2.75, 3.05) is 0 Å². The van der Waals surface area contributed by atoms with E-state index >= 15 is 0 Å². The van der Waals surface area contributed by atoms with Gasteiger partial charge < -0.3 is 10.4 Å². The minimum atomic E-state index is -1.22. The lowest BCUT2D eigenvalue weighted by Gasteiger charge is -2.23. The summed E-state index contributed by atoms with van der Waals surface area (Å²) in [5.74, 6) is -2.42. The van der Waals surface area contributed by atoms with E-state index in [-0.39, 0.29) is 15.6 Å². The van der Waals surface area contributed by atoms with Crippen LogP contribution in [0, 0.1) is 0 Å². The van der Waals surface area contributed by atoms with Gasteiger partial charge in [-0.25, -0.2) is 9.78 Å². The number of hydrogen-bond donors (Lipinski definition) is 2. The lowest BCUT2D eigenvalue weighted by Crippen LogP contribution is -2.44. The van der Waals surface area contributed by atoms with Crippen molar-refractivity contribution in [3.05, 3.63) is 97.9 Å². The van der Waals surface area contributed by atoms with Gasteiger partial charge in [-0.15, -0.1) is 0 Å². The number of benzene rings is 3. The van der Waals surface area contributed by atoms with Gasteiger partial charge in [-0.2, -0.15) is 0 Å². The number of nitrogens with zero attached hydrogens (tertiary/aromatic N) is 1. The Morgan fingerprint density at radius 1 is 0.857 bits per heavy atom. The predicted molar refractivity (Wildman–Crippen MR) is 141 cm³/mol. The van der Waals surface area contributed by atoms with Gasteiger partial charge >= 0.3 is 5.97 Å². The van der Waals surface area contributed by atoms with E-state index in [1.807, 2.05) is 12.1 Å². The van der Waals surface area contributed by atoms with Gasteiger partial charge in [0.15, 0.2) is 0 Å². The van der Waals surface area contributed by atoms with E-state index < -0.39 is 23.8 Å². The van der Waals surface area contributed by atoms with Crippen molar-refractivity contribution in [2.45, 2.75) is 18.9 Å². The van der Waals surface area contributed by atoms with Gasteiger partial charge in [0.2, 0.25) is 0 Å². The fourth-order valence-electron chi connectivity index (χ4n) is 3.83. The molecule has 5 nitrogen and oxygen atoms in total. The van der Waals surface area contributed by atoms with E-state index in [2.05, 4.69) is 10.3 Å². The van der Waals surface area contributed by atoms with E-state index in [9.17, 15) is 14.7 Å². The van der Waals surface area contributed by atoms with E-state index in [4.69, 9.17) is 46.4 Å². The maximum Gasteiger partial charge on any atom is 0.326 e. The van der Waals surface area contributed by atoms with Gasteiger partial charge in [-0.3, -0.25) is 4.79 Å². The quantitative estimate of drug-likeness (QED) is 0.262. The molecular weight excluding hydrogens is 530 g/mol. The molecular formula is C26H18Cl4N2O3. The molecule has 1 heterocycles. The van der Waals surface area contributed by atoms with Gasteiger partial charge in [0, 0.05) is 16.9 Å². The smallest absolute Gasteiger partial charge is 0.326 e. The Labute approximate surface area is 221 Å². The zero-order chi connectivity index (χ0) is 25.3. The summed E-state index contributed by atoms with van der Waals surface area (Å²) in [6, 6.07) is 17.8. The van der Waals surface area contributed by atoms with Crippen molar-refractivity contribution in [1.82, 2.24) is 10.3 Å². The van der Waals surface area contributed by atoms with Gasteiger partial charge in [0.05, 0.1) is 36.9 Å². The molecule has 1 aromatic heterocycles. The molecule has 0 aliphatic carbocycles. The highest BCUT2D eigenvalue weighted by molar-refractivity contribution is 6.40. The molecule has 0 aliphatic rings. The van der Waals surface area contributed by atoms with Crippen LogP contribution in [0.25, 0.3) is 22.2 Å². The minimum Gasteiger partial charge on any atom is -0.480 e. The van der Waals surface area contributed by atoms with Gasteiger partial charge in [0.25, 0.3) is 5.91 Å². The Morgan fingerprint density at radius 3 is 2.06 bits per heavy atom. The average molecular weight is 548 g/mol. The summed E-state index contributed by atoms with van der Waals surface area (Å²) in [4.78, 5) is 29.5. The standard InChI is InChI=1S/C26H18Cl4N2O3/c1-13(24(26(34)35)32-25(33)23-18(29)6-3-7-19(23)30)14-8-10-20-15(12-14)9-11-21(31-20)22-16(27)4-2-5-17(22)28/h2-13,24H,1H3,(H,32,33)(H,34,35)/t13?,24-/m0/s1. The summed E-state index contributed by atoms with van der Waals surface area (Å²) >= 11 is 24.9. The van der Waals surface area contributed by atoms with Crippen LogP contribution in [0.15, 0.2) is 66.7 Å². The first-order chi connectivity index (χ1) is 16.7. The lowest BCUT2D eigenvalue weighted by molar-refractivity contribution is -0.139. The number of hydrogen-bond acceptors (Lipinski definition) is 3. The molecule has 0 radical (unpaired) electrons. The molecule has 0 spiro atoms. The number of halogens is 4. The van der Waals surface area contributed by atoms with Crippen LogP contribution in [0.4, 0.5) is 0 Å². The number of aromatic nitrogens is 1. The Hall–Kier alpha value is -2.83. The number of carboxylic acid groups (broad SMARTS) is 1. The highest BCUT2D eigenvalue weighted by Crippen LogP contribution is 2.35. The summed E-state index contributed by atoms with van der Waals surface area (Å²) in [6.07, 6.45) is 0. The highest BCUT2D eigenvalue weighted by atomic mass is 35.5. The second-order valence-corrected chi connectivity index (χ2v) is 9.55. The van der Waals surface area contributed by atoms with Crippen molar-refractivity contribution in [3.63, 3.8) is 0 Å². The fourth-order valence-corrected chi connectivity index (χ4v) is 4.99. The molecule has 178 valence electrons. The van der Waals surface area contributed by atoms with Crippen LogP contribution in [0.5, 0.6) is 0 Å². The largest absolute Gasteiger partial charge is 0.480 e. The Bertz CT molecular complexity index is 1420. The number of carboxylic acids is 1. The van der Waals surface area contributed by atoms with Crippen LogP contribution >= 0.6 is 46.4 Å². The first kappa shape index (κ1) is 25.3. The van der Waals surface area contributed by atoms with E-state index in [0.29, 0.717) is 32.4 Å². The summed E-state index contributed by atoms with van der Waals surface area (Å²) in [5, 5.41) is 14.5. The third-order valence-electron chi connectivity index (χ3n) is 5.70. The second kappa shape index (κ2) is 10.4. The number of carbonyl (C=O) groups is 2. The number of amides is 1. The molecule has 0 fully saturated rings. The number of pyridine rings is 1. The molecule has 2 atom stereocenters. The van der Waals surface area contributed by atoms with E-state index in [1.54, 1.807) is 49.4 Å². The molecule has 1 amide bonds. The minimum absolute atomic E-state index is 0.0303. The van der Waals surface area contributed by atoms with Crippen molar-refractivity contribution in [3.8, 4) is 11.3 Å². The van der Waals surface area contributed by atoms with Crippen molar-refractivity contribution in [1.29, 1.82) is 0 Å². The lowest BCUT2D eigenvalue weighted by atomic mass is 9.91. The number of aliphatic carboxylic acids is 1. The maximum atomic E-state index is 12.8. The van der Waals surface area contributed by atoms with Crippen LogP contribution in [-0.2, 0) is 4.79 Å². The number of rotatable bonds is 6. The molecule has 0 bridgehead atoms. The molecule has 9 heteroatoms. The monoisotopic (exact) mass is 546 g/mol. The van der Waals surface area contributed by atoms with Gasteiger partial charge in [0.1, 0.15) is 6.04 Å². The van der Waals surface area contributed by atoms with Crippen molar-refractivity contribution in [2.24, 2.45) is 0 Å². The normalized spacial score (nSPS) is 12.8. The molecule has 35 heavy (non-hydrogen) atoms. The predicted octanol–water partition coefficient (Wildman–Crippen LogP) is 7.50. The fraction of sp³-hybridized carbons (Fsp3) is 0.115. The van der Waals surface area contributed by atoms with Gasteiger partial charge in [-0.1, -0.05) is 77.6 Å². The molecule has 3 aromatic carbocycles. The molecule has 0 aliphatic heterocycles.